The van der Waals surface area contributed by atoms with Crippen LogP contribution in [0.1, 0.15) is 41.5 Å². The SMILES string of the molecule is CC(C)[C@@H](C)C(=O)NC1CCC1.[HH]. The number of rotatable bonds is 3. The van der Waals surface area contributed by atoms with Gasteiger partial charge in [0.1, 0.15) is 0 Å². The van der Waals surface area contributed by atoms with Crippen molar-refractivity contribution < 1.29 is 6.22 Å². The Morgan fingerprint density at radius 1 is 1.42 bits per heavy atom. The van der Waals surface area contributed by atoms with Gasteiger partial charge in [-0.1, -0.05) is 20.8 Å². The smallest absolute Gasteiger partial charge is 0.223 e. The van der Waals surface area contributed by atoms with Crippen molar-refractivity contribution in [1.29, 1.82) is 0 Å². The van der Waals surface area contributed by atoms with Crippen molar-refractivity contribution in [3.63, 3.8) is 0 Å². The van der Waals surface area contributed by atoms with Crippen LogP contribution in [0.2, 0.25) is 0 Å². The number of carbonyl (C=O) groups excluding carboxylic acids is 1. The second-order valence-electron chi connectivity index (χ2n) is 4.17. The molecule has 0 spiro atoms. The third-order valence-electron chi connectivity index (χ3n) is 2.87. The molecule has 1 atom stereocenters. The van der Waals surface area contributed by atoms with Gasteiger partial charge in [-0.05, 0) is 25.2 Å². The first-order valence-corrected chi connectivity index (χ1v) is 4.91. The Bertz CT molecular complexity index is 166. The molecular formula is C10H21NO. The molecule has 72 valence electrons. The van der Waals surface area contributed by atoms with Crippen molar-refractivity contribution in [3.05, 3.63) is 0 Å². The molecule has 0 bridgehead atoms. The van der Waals surface area contributed by atoms with Crippen molar-refractivity contribution in [3.8, 4) is 0 Å². The van der Waals surface area contributed by atoms with Gasteiger partial charge >= 0.3 is 0 Å². The molecule has 0 saturated heterocycles. The van der Waals surface area contributed by atoms with Gasteiger partial charge in [0.15, 0.2) is 0 Å². The summed E-state index contributed by atoms with van der Waals surface area (Å²) in [5, 5.41) is 3.06. The second kappa shape index (κ2) is 3.92. The largest absolute Gasteiger partial charge is 0.353 e. The van der Waals surface area contributed by atoms with Gasteiger partial charge in [-0.25, -0.2) is 0 Å². The Balaban J connectivity index is 0.00000144. The highest BCUT2D eigenvalue weighted by atomic mass is 16.1. The van der Waals surface area contributed by atoms with E-state index in [1.165, 1.54) is 19.3 Å². The van der Waals surface area contributed by atoms with Crippen molar-refractivity contribution >= 4 is 5.91 Å². The average Bonchev–Trinajstić information content (AvgIpc) is 1.94. The number of amides is 1. The predicted molar refractivity (Wildman–Crippen MR) is 51.9 cm³/mol. The molecule has 1 saturated carbocycles. The summed E-state index contributed by atoms with van der Waals surface area (Å²) in [6.45, 7) is 6.18. The third-order valence-corrected chi connectivity index (χ3v) is 2.87. The summed E-state index contributed by atoms with van der Waals surface area (Å²) in [5.41, 5.74) is 0. The average molecular weight is 171 g/mol. The molecule has 1 amide bonds. The first kappa shape index (κ1) is 9.56. The molecular weight excluding hydrogens is 150 g/mol. The summed E-state index contributed by atoms with van der Waals surface area (Å²) in [4.78, 5) is 11.5. The first-order valence-electron chi connectivity index (χ1n) is 4.91. The lowest BCUT2D eigenvalue weighted by Crippen LogP contribution is -2.43. The highest BCUT2D eigenvalue weighted by Gasteiger charge is 2.23. The molecule has 0 heterocycles. The molecule has 0 aromatic rings. The van der Waals surface area contributed by atoms with Crippen LogP contribution in [-0.2, 0) is 4.79 Å². The van der Waals surface area contributed by atoms with Gasteiger partial charge in [0.2, 0.25) is 5.91 Å². The number of nitrogens with one attached hydrogen (secondary N) is 1. The maximum atomic E-state index is 11.5. The Hall–Kier alpha value is -0.530. The zero-order chi connectivity index (χ0) is 9.14. The van der Waals surface area contributed by atoms with E-state index in [0.717, 1.165) is 0 Å². The van der Waals surface area contributed by atoms with E-state index >= 15 is 0 Å². The topological polar surface area (TPSA) is 29.1 Å². The number of hydrogen-bond acceptors (Lipinski definition) is 1. The summed E-state index contributed by atoms with van der Waals surface area (Å²) in [5.74, 6) is 0.838. The fourth-order valence-corrected chi connectivity index (χ4v) is 1.19. The van der Waals surface area contributed by atoms with Crippen molar-refractivity contribution in [2.24, 2.45) is 11.8 Å². The quantitative estimate of drug-likeness (QED) is 0.693. The zero-order valence-corrected chi connectivity index (χ0v) is 8.26. The van der Waals surface area contributed by atoms with Crippen LogP contribution in [0.15, 0.2) is 0 Å². The molecule has 0 unspecified atom stereocenters. The van der Waals surface area contributed by atoms with E-state index in [2.05, 4.69) is 19.2 Å². The Morgan fingerprint density at radius 3 is 2.33 bits per heavy atom. The number of hydrogen-bond donors (Lipinski definition) is 1. The van der Waals surface area contributed by atoms with E-state index in [-0.39, 0.29) is 13.3 Å². The summed E-state index contributed by atoms with van der Waals surface area (Å²) >= 11 is 0. The molecule has 0 aromatic heterocycles. The molecule has 2 nitrogen and oxygen atoms in total. The summed E-state index contributed by atoms with van der Waals surface area (Å²) in [6, 6.07) is 0.485. The molecule has 0 aliphatic heterocycles. The minimum atomic E-state index is 0. The highest BCUT2D eigenvalue weighted by Crippen LogP contribution is 2.19. The Morgan fingerprint density at radius 2 is 2.00 bits per heavy atom. The normalized spacial score (nSPS) is 20.3. The maximum Gasteiger partial charge on any atom is 0.223 e. The molecule has 2 heteroatoms. The van der Waals surface area contributed by atoms with E-state index in [0.29, 0.717) is 12.0 Å². The van der Waals surface area contributed by atoms with Crippen LogP contribution < -0.4 is 5.32 Å². The van der Waals surface area contributed by atoms with Crippen LogP contribution in [0, 0.1) is 11.8 Å². The van der Waals surface area contributed by atoms with E-state index < -0.39 is 0 Å². The summed E-state index contributed by atoms with van der Waals surface area (Å²) in [7, 11) is 0. The van der Waals surface area contributed by atoms with Crippen LogP contribution in [0.25, 0.3) is 0 Å². The minimum absolute atomic E-state index is 0. The molecule has 0 aromatic carbocycles. The van der Waals surface area contributed by atoms with Crippen LogP contribution in [0.3, 0.4) is 0 Å². The molecule has 12 heavy (non-hydrogen) atoms. The van der Waals surface area contributed by atoms with Crippen molar-refractivity contribution in [2.75, 3.05) is 0 Å². The molecule has 1 aliphatic carbocycles. The van der Waals surface area contributed by atoms with Crippen molar-refractivity contribution in [2.45, 2.75) is 46.1 Å². The molecule has 1 rings (SSSR count). The molecule has 1 fully saturated rings. The van der Waals surface area contributed by atoms with Gasteiger partial charge in [-0.15, -0.1) is 0 Å². The summed E-state index contributed by atoms with van der Waals surface area (Å²) < 4.78 is 0. The van der Waals surface area contributed by atoms with Crippen molar-refractivity contribution in [1.82, 2.24) is 5.32 Å². The lowest BCUT2D eigenvalue weighted by molar-refractivity contribution is -0.126. The fourth-order valence-electron chi connectivity index (χ4n) is 1.19. The van der Waals surface area contributed by atoms with Gasteiger partial charge in [-0.2, -0.15) is 0 Å². The van der Waals surface area contributed by atoms with Crippen LogP contribution in [0.5, 0.6) is 0 Å². The molecule has 1 N–H and O–H groups in total. The monoisotopic (exact) mass is 171 g/mol. The van der Waals surface area contributed by atoms with Crippen LogP contribution in [-0.4, -0.2) is 11.9 Å². The summed E-state index contributed by atoms with van der Waals surface area (Å²) in [6.07, 6.45) is 3.63. The molecule has 1 aliphatic rings. The highest BCUT2D eigenvalue weighted by molar-refractivity contribution is 5.78. The standard InChI is InChI=1S/C10H19NO.H2/c1-7(2)8(3)10(12)11-9-5-4-6-9;/h7-9H,4-6H2,1-3H3,(H,11,12);1H/t8-;/m1./s1. The fraction of sp³-hybridized carbons (Fsp3) is 0.900. The lowest BCUT2D eigenvalue weighted by Gasteiger charge is -2.28. The van der Waals surface area contributed by atoms with Gasteiger partial charge in [0.05, 0.1) is 0 Å². The van der Waals surface area contributed by atoms with Gasteiger partial charge in [-0.3, -0.25) is 4.79 Å². The van der Waals surface area contributed by atoms with E-state index in [4.69, 9.17) is 0 Å². The van der Waals surface area contributed by atoms with Crippen LogP contribution in [0.4, 0.5) is 0 Å². The third kappa shape index (κ3) is 2.23. The van der Waals surface area contributed by atoms with Gasteiger partial charge in [0.25, 0.3) is 0 Å². The van der Waals surface area contributed by atoms with Gasteiger partial charge in [0, 0.05) is 13.4 Å². The lowest BCUT2D eigenvalue weighted by atomic mass is 9.91. The Labute approximate surface area is 76.2 Å². The van der Waals surface area contributed by atoms with E-state index in [1.807, 2.05) is 6.92 Å². The van der Waals surface area contributed by atoms with E-state index in [1.54, 1.807) is 0 Å². The minimum Gasteiger partial charge on any atom is -0.353 e. The van der Waals surface area contributed by atoms with E-state index in [9.17, 15) is 4.79 Å². The van der Waals surface area contributed by atoms with Crippen LogP contribution >= 0.6 is 0 Å². The maximum absolute atomic E-state index is 11.5. The Kier molecular flexibility index (Phi) is 3.12. The zero-order valence-electron chi connectivity index (χ0n) is 8.26. The first-order chi connectivity index (χ1) is 5.61. The second-order valence-corrected chi connectivity index (χ2v) is 4.17. The molecule has 0 radical (unpaired) electrons. The number of carbonyl (C=O) groups is 1. The predicted octanol–water partition coefficient (Wildman–Crippen LogP) is 2.19. The van der Waals surface area contributed by atoms with Gasteiger partial charge < -0.3 is 5.32 Å².